The zero-order valence-corrected chi connectivity index (χ0v) is 18.0. The lowest BCUT2D eigenvalue weighted by Gasteiger charge is -2.08. The van der Waals surface area contributed by atoms with Gasteiger partial charge in [0.25, 0.3) is 5.91 Å². The molecule has 0 aliphatic heterocycles. The van der Waals surface area contributed by atoms with E-state index in [1.165, 1.54) is 18.3 Å². The molecule has 2 amide bonds. The summed E-state index contributed by atoms with van der Waals surface area (Å²) in [6, 6.07) is 7.45. The maximum Gasteiger partial charge on any atom is 0.297 e. The third kappa shape index (κ3) is 4.63. The van der Waals surface area contributed by atoms with Gasteiger partial charge >= 0.3 is 0 Å². The summed E-state index contributed by atoms with van der Waals surface area (Å²) in [5.74, 6) is -0.468. The maximum atomic E-state index is 12.9. The summed E-state index contributed by atoms with van der Waals surface area (Å²) in [4.78, 5) is 29.3. The number of carbonyl (C=O) groups excluding carboxylic acids is 2. The highest BCUT2D eigenvalue weighted by Crippen LogP contribution is 2.22. The molecule has 0 atom stereocenters. The van der Waals surface area contributed by atoms with Crippen molar-refractivity contribution in [1.29, 1.82) is 0 Å². The number of benzene rings is 1. The highest BCUT2D eigenvalue weighted by Gasteiger charge is 2.16. The quantitative estimate of drug-likeness (QED) is 0.670. The highest BCUT2D eigenvalue weighted by molar-refractivity contribution is 7.16. The number of carbonyl (C=O) groups is 2. The van der Waals surface area contributed by atoms with E-state index in [4.69, 9.17) is 4.74 Å². The van der Waals surface area contributed by atoms with Crippen molar-refractivity contribution in [2.75, 3.05) is 19.0 Å². The Morgan fingerprint density at radius 3 is 2.72 bits per heavy atom. The SMILES string of the molecule is COCCn1c(=NC(=O)c2cc(C)nn2C(C)C)sc2cc(NC(C)=O)ccc21. The van der Waals surface area contributed by atoms with Crippen LogP contribution in [0.4, 0.5) is 5.69 Å². The fourth-order valence-corrected chi connectivity index (χ4v) is 4.15. The zero-order chi connectivity index (χ0) is 21.1. The Morgan fingerprint density at radius 2 is 2.07 bits per heavy atom. The van der Waals surface area contributed by atoms with E-state index in [2.05, 4.69) is 15.4 Å². The average molecular weight is 416 g/mol. The number of aryl methyl sites for hydroxylation is 1. The lowest BCUT2D eigenvalue weighted by Crippen LogP contribution is -2.20. The number of ether oxygens (including phenoxy) is 1. The van der Waals surface area contributed by atoms with Gasteiger partial charge in [0.15, 0.2) is 4.80 Å². The highest BCUT2D eigenvalue weighted by atomic mass is 32.1. The molecule has 8 nitrogen and oxygen atoms in total. The summed E-state index contributed by atoms with van der Waals surface area (Å²) in [5.41, 5.74) is 2.88. The number of anilines is 1. The van der Waals surface area contributed by atoms with Gasteiger partial charge in [-0.15, -0.1) is 0 Å². The van der Waals surface area contributed by atoms with Crippen molar-refractivity contribution in [3.63, 3.8) is 0 Å². The Balaban J connectivity index is 2.11. The Labute approximate surface area is 172 Å². The lowest BCUT2D eigenvalue weighted by molar-refractivity contribution is -0.114. The molecule has 0 saturated carbocycles. The molecule has 2 aromatic heterocycles. The topological polar surface area (TPSA) is 90.5 Å². The molecule has 0 radical (unpaired) electrons. The minimum Gasteiger partial charge on any atom is -0.383 e. The van der Waals surface area contributed by atoms with Gasteiger partial charge < -0.3 is 14.6 Å². The van der Waals surface area contributed by atoms with Gasteiger partial charge in [-0.05, 0) is 45.0 Å². The van der Waals surface area contributed by atoms with Crippen molar-refractivity contribution in [3.8, 4) is 0 Å². The summed E-state index contributed by atoms with van der Waals surface area (Å²) in [6.07, 6.45) is 0. The fourth-order valence-electron chi connectivity index (χ4n) is 3.05. The van der Waals surface area contributed by atoms with Crippen molar-refractivity contribution in [3.05, 3.63) is 40.5 Å². The normalized spacial score (nSPS) is 12.1. The van der Waals surface area contributed by atoms with Gasteiger partial charge in [-0.1, -0.05) is 11.3 Å². The number of thiazole rings is 1. The molecule has 0 spiro atoms. The van der Waals surface area contributed by atoms with E-state index in [9.17, 15) is 9.59 Å². The van der Waals surface area contributed by atoms with Gasteiger partial charge in [0.1, 0.15) is 5.69 Å². The summed E-state index contributed by atoms with van der Waals surface area (Å²) < 4.78 is 9.81. The van der Waals surface area contributed by atoms with Crippen LogP contribution in [0.5, 0.6) is 0 Å². The molecule has 0 aliphatic carbocycles. The fraction of sp³-hybridized carbons (Fsp3) is 0.400. The van der Waals surface area contributed by atoms with E-state index in [0.29, 0.717) is 29.3 Å². The second-order valence-electron chi connectivity index (χ2n) is 7.02. The molecule has 0 saturated heterocycles. The first-order valence-electron chi connectivity index (χ1n) is 9.35. The number of hydrogen-bond acceptors (Lipinski definition) is 5. The molecule has 0 unspecified atom stereocenters. The van der Waals surface area contributed by atoms with E-state index in [1.54, 1.807) is 17.9 Å². The van der Waals surface area contributed by atoms with Crippen molar-refractivity contribution < 1.29 is 14.3 Å². The first-order valence-corrected chi connectivity index (χ1v) is 10.2. The van der Waals surface area contributed by atoms with Crippen LogP contribution in [0.2, 0.25) is 0 Å². The molecule has 3 aromatic rings. The van der Waals surface area contributed by atoms with Crippen LogP contribution in [-0.4, -0.2) is 39.9 Å². The van der Waals surface area contributed by atoms with Gasteiger partial charge in [-0.3, -0.25) is 14.3 Å². The Kier molecular flexibility index (Phi) is 6.29. The van der Waals surface area contributed by atoms with Crippen molar-refractivity contribution in [2.24, 2.45) is 4.99 Å². The Hall–Kier alpha value is -2.78. The molecule has 0 bridgehead atoms. The first kappa shape index (κ1) is 20.9. The van der Waals surface area contributed by atoms with Crippen LogP contribution in [0.1, 0.15) is 43.0 Å². The van der Waals surface area contributed by atoms with Gasteiger partial charge in [0, 0.05) is 32.3 Å². The van der Waals surface area contributed by atoms with Gasteiger partial charge in [-0.2, -0.15) is 10.1 Å². The number of methoxy groups -OCH3 is 1. The van der Waals surface area contributed by atoms with E-state index < -0.39 is 0 Å². The van der Waals surface area contributed by atoms with Crippen LogP contribution >= 0.6 is 11.3 Å². The average Bonchev–Trinajstić information content (AvgIpc) is 3.19. The van der Waals surface area contributed by atoms with E-state index >= 15 is 0 Å². The van der Waals surface area contributed by atoms with Crippen molar-refractivity contribution in [1.82, 2.24) is 14.3 Å². The summed E-state index contributed by atoms with van der Waals surface area (Å²) >= 11 is 1.40. The van der Waals surface area contributed by atoms with Gasteiger partial charge in [0.05, 0.1) is 22.5 Å². The summed E-state index contributed by atoms with van der Waals surface area (Å²) in [6.45, 7) is 8.33. The number of nitrogens with one attached hydrogen (secondary N) is 1. The molecule has 0 fully saturated rings. The van der Waals surface area contributed by atoms with Crippen LogP contribution in [0.25, 0.3) is 10.2 Å². The van der Waals surface area contributed by atoms with Crippen LogP contribution in [0.15, 0.2) is 29.3 Å². The smallest absolute Gasteiger partial charge is 0.297 e. The first-order chi connectivity index (χ1) is 13.8. The van der Waals surface area contributed by atoms with E-state index in [-0.39, 0.29) is 17.9 Å². The zero-order valence-electron chi connectivity index (χ0n) is 17.2. The third-order valence-electron chi connectivity index (χ3n) is 4.29. The van der Waals surface area contributed by atoms with Crippen LogP contribution in [-0.2, 0) is 16.1 Å². The van der Waals surface area contributed by atoms with E-state index in [0.717, 1.165) is 15.9 Å². The molecule has 0 aliphatic rings. The van der Waals surface area contributed by atoms with Gasteiger partial charge in [-0.25, -0.2) is 0 Å². The third-order valence-corrected chi connectivity index (χ3v) is 5.33. The lowest BCUT2D eigenvalue weighted by atomic mass is 10.3. The second kappa shape index (κ2) is 8.71. The number of hydrogen-bond donors (Lipinski definition) is 1. The Bertz CT molecular complexity index is 1120. The second-order valence-corrected chi connectivity index (χ2v) is 8.03. The van der Waals surface area contributed by atoms with E-state index in [1.807, 2.05) is 43.5 Å². The number of aromatic nitrogens is 3. The summed E-state index contributed by atoms with van der Waals surface area (Å²) in [7, 11) is 1.63. The number of nitrogens with zero attached hydrogens (tertiary/aromatic N) is 4. The standard InChI is InChI=1S/C20H25N5O3S/c1-12(2)25-17(10-13(3)23-25)19(27)22-20-24(8-9-28-5)16-7-6-15(21-14(4)26)11-18(16)29-20/h6-7,10-12H,8-9H2,1-5H3,(H,21,26). The maximum absolute atomic E-state index is 12.9. The molecular formula is C20H25N5O3S. The van der Waals surface area contributed by atoms with Crippen LogP contribution in [0, 0.1) is 6.92 Å². The van der Waals surface area contributed by atoms with Crippen LogP contribution < -0.4 is 10.1 Å². The van der Waals surface area contributed by atoms with Crippen molar-refractivity contribution >= 4 is 39.1 Å². The Morgan fingerprint density at radius 1 is 1.31 bits per heavy atom. The molecular weight excluding hydrogens is 390 g/mol. The molecule has 1 N–H and O–H groups in total. The number of amides is 2. The van der Waals surface area contributed by atoms with Crippen LogP contribution in [0.3, 0.4) is 0 Å². The molecule has 3 rings (SSSR count). The molecule has 2 heterocycles. The monoisotopic (exact) mass is 415 g/mol. The minimum atomic E-state index is -0.334. The number of fused-ring (bicyclic) bond motifs is 1. The summed E-state index contributed by atoms with van der Waals surface area (Å²) in [5, 5.41) is 7.18. The molecule has 1 aromatic carbocycles. The molecule has 9 heteroatoms. The van der Waals surface area contributed by atoms with Crippen molar-refractivity contribution in [2.45, 2.75) is 40.3 Å². The number of rotatable bonds is 6. The molecule has 154 valence electrons. The van der Waals surface area contributed by atoms with Gasteiger partial charge in [0.2, 0.25) is 5.91 Å². The minimum absolute atomic E-state index is 0.0566. The predicted molar refractivity (Wildman–Crippen MR) is 113 cm³/mol. The molecule has 29 heavy (non-hydrogen) atoms. The predicted octanol–water partition coefficient (Wildman–Crippen LogP) is 3.13. The largest absolute Gasteiger partial charge is 0.383 e.